The molecular formula is C22H19BrFN3O3. The second-order valence-electron chi connectivity index (χ2n) is 8.19. The fourth-order valence-electron chi connectivity index (χ4n) is 3.60. The van der Waals surface area contributed by atoms with Gasteiger partial charge in [0.1, 0.15) is 5.82 Å². The minimum absolute atomic E-state index is 0.108. The van der Waals surface area contributed by atoms with E-state index in [1.165, 1.54) is 29.4 Å². The molecule has 0 bridgehead atoms. The number of anilines is 1. The number of amides is 1. The maximum absolute atomic E-state index is 14.9. The highest BCUT2D eigenvalue weighted by Crippen LogP contribution is 2.44. The molecule has 8 heteroatoms. The van der Waals surface area contributed by atoms with Crippen LogP contribution in [0.2, 0.25) is 0 Å². The van der Waals surface area contributed by atoms with Gasteiger partial charge in [0.25, 0.3) is 5.91 Å². The van der Waals surface area contributed by atoms with Crippen LogP contribution >= 0.6 is 15.9 Å². The molecular weight excluding hydrogens is 453 g/mol. The fraction of sp³-hybridized carbons (Fsp3) is 0.227. The summed E-state index contributed by atoms with van der Waals surface area (Å²) in [5, 5.41) is 10.7. The van der Waals surface area contributed by atoms with Gasteiger partial charge in [-0.3, -0.25) is 14.5 Å². The molecule has 1 aromatic heterocycles. The van der Waals surface area contributed by atoms with Crippen LogP contribution in [0.15, 0.2) is 58.5 Å². The van der Waals surface area contributed by atoms with Crippen molar-refractivity contribution in [1.29, 1.82) is 0 Å². The fourth-order valence-corrected chi connectivity index (χ4v) is 3.97. The van der Waals surface area contributed by atoms with Crippen molar-refractivity contribution >= 4 is 44.3 Å². The van der Waals surface area contributed by atoms with Crippen LogP contribution in [0.4, 0.5) is 10.1 Å². The Morgan fingerprint density at radius 1 is 1.23 bits per heavy atom. The molecule has 2 N–H and O–H groups in total. The van der Waals surface area contributed by atoms with Crippen LogP contribution in [-0.4, -0.2) is 26.8 Å². The number of carbonyl (C=O) groups is 2. The normalized spacial score (nSPS) is 17.3. The highest BCUT2D eigenvalue weighted by atomic mass is 79.9. The van der Waals surface area contributed by atoms with E-state index in [-0.39, 0.29) is 11.1 Å². The number of fused-ring (bicyclic) bond motifs is 1. The number of aromatic amines is 1. The molecule has 6 nitrogen and oxygen atoms in total. The number of rotatable bonds is 3. The molecule has 4 rings (SSSR count). The molecule has 154 valence electrons. The SMILES string of the molecule is CC(C)(C)C(=O)C1=C(O)C(=O)N(c2ccc3[nH]cnc3c2)C1c1cc(Br)ccc1F. The average molecular weight is 472 g/mol. The molecule has 0 spiro atoms. The Morgan fingerprint density at radius 3 is 2.67 bits per heavy atom. The lowest BCUT2D eigenvalue weighted by molar-refractivity contribution is -0.123. The first-order valence-corrected chi connectivity index (χ1v) is 10.1. The summed E-state index contributed by atoms with van der Waals surface area (Å²) < 4.78 is 15.5. The van der Waals surface area contributed by atoms with Gasteiger partial charge in [-0.15, -0.1) is 0 Å². The maximum Gasteiger partial charge on any atom is 0.294 e. The first kappa shape index (κ1) is 20.3. The summed E-state index contributed by atoms with van der Waals surface area (Å²) in [5.74, 6) is -2.44. The summed E-state index contributed by atoms with van der Waals surface area (Å²) >= 11 is 3.33. The number of aliphatic hydroxyl groups is 1. The van der Waals surface area contributed by atoms with Gasteiger partial charge in [-0.25, -0.2) is 9.37 Å². The highest BCUT2D eigenvalue weighted by molar-refractivity contribution is 9.10. The molecule has 2 aromatic carbocycles. The molecule has 0 radical (unpaired) electrons. The predicted octanol–water partition coefficient (Wildman–Crippen LogP) is 4.98. The van der Waals surface area contributed by atoms with Crippen molar-refractivity contribution in [2.24, 2.45) is 5.41 Å². The number of hydrogen-bond donors (Lipinski definition) is 2. The third-order valence-electron chi connectivity index (χ3n) is 5.07. The third kappa shape index (κ3) is 3.21. The van der Waals surface area contributed by atoms with Gasteiger partial charge in [0, 0.05) is 21.1 Å². The first-order chi connectivity index (χ1) is 14.1. The quantitative estimate of drug-likeness (QED) is 0.563. The minimum atomic E-state index is -1.11. The Labute approximate surface area is 180 Å². The van der Waals surface area contributed by atoms with Gasteiger partial charge in [0.05, 0.1) is 29.0 Å². The highest BCUT2D eigenvalue weighted by Gasteiger charge is 2.47. The molecule has 30 heavy (non-hydrogen) atoms. The Bertz CT molecular complexity index is 1230. The number of ketones is 1. The number of imidazole rings is 1. The zero-order valence-corrected chi connectivity index (χ0v) is 18.1. The summed E-state index contributed by atoms with van der Waals surface area (Å²) in [5.41, 5.74) is 0.866. The number of hydrogen-bond acceptors (Lipinski definition) is 4. The number of nitrogens with one attached hydrogen (secondary N) is 1. The Balaban J connectivity index is 1.96. The number of carbonyl (C=O) groups excluding carboxylic acids is 2. The van der Waals surface area contributed by atoms with E-state index >= 15 is 0 Å². The molecule has 0 saturated heterocycles. The van der Waals surface area contributed by atoms with Crippen LogP contribution in [0, 0.1) is 11.2 Å². The zero-order chi connectivity index (χ0) is 21.8. The van der Waals surface area contributed by atoms with Crippen LogP contribution < -0.4 is 4.90 Å². The Morgan fingerprint density at radius 2 is 1.97 bits per heavy atom. The molecule has 0 saturated carbocycles. The van der Waals surface area contributed by atoms with E-state index in [4.69, 9.17) is 0 Å². The van der Waals surface area contributed by atoms with Crippen molar-refractivity contribution in [3.8, 4) is 0 Å². The molecule has 2 heterocycles. The number of Topliss-reactive ketones (excluding diaryl/α,β-unsaturated/α-hetero) is 1. The van der Waals surface area contributed by atoms with Gasteiger partial charge in [-0.1, -0.05) is 36.7 Å². The summed E-state index contributed by atoms with van der Waals surface area (Å²) in [6.07, 6.45) is 1.52. The van der Waals surface area contributed by atoms with E-state index in [2.05, 4.69) is 25.9 Å². The number of aliphatic hydroxyl groups excluding tert-OH is 1. The summed E-state index contributed by atoms with van der Waals surface area (Å²) in [7, 11) is 0. The van der Waals surface area contributed by atoms with Crippen molar-refractivity contribution in [3.63, 3.8) is 0 Å². The van der Waals surface area contributed by atoms with Gasteiger partial charge < -0.3 is 10.1 Å². The monoisotopic (exact) mass is 471 g/mol. The molecule has 0 fully saturated rings. The first-order valence-electron chi connectivity index (χ1n) is 9.29. The van der Waals surface area contributed by atoms with E-state index in [1.807, 2.05) is 0 Å². The van der Waals surface area contributed by atoms with Crippen LogP contribution in [0.5, 0.6) is 0 Å². The second-order valence-corrected chi connectivity index (χ2v) is 9.10. The molecule has 1 amide bonds. The Kier molecular flexibility index (Phi) is 4.77. The van der Waals surface area contributed by atoms with Gasteiger partial charge in [-0.05, 0) is 36.4 Å². The number of H-pyrrole nitrogens is 1. The van der Waals surface area contributed by atoms with E-state index < -0.39 is 34.7 Å². The van der Waals surface area contributed by atoms with Crippen LogP contribution in [0.1, 0.15) is 32.4 Å². The number of benzene rings is 2. The van der Waals surface area contributed by atoms with Crippen molar-refractivity contribution in [2.75, 3.05) is 4.90 Å². The van der Waals surface area contributed by atoms with Gasteiger partial charge in [0.15, 0.2) is 11.5 Å². The van der Waals surface area contributed by atoms with Gasteiger partial charge in [0.2, 0.25) is 0 Å². The summed E-state index contributed by atoms with van der Waals surface area (Å²) in [6, 6.07) is 8.25. The second kappa shape index (κ2) is 7.05. The molecule has 1 unspecified atom stereocenters. The van der Waals surface area contributed by atoms with Crippen LogP contribution in [0.25, 0.3) is 11.0 Å². The lowest BCUT2D eigenvalue weighted by atomic mass is 9.82. The summed E-state index contributed by atoms with van der Waals surface area (Å²) in [6.45, 7) is 5.06. The topological polar surface area (TPSA) is 86.3 Å². The molecule has 1 aliphatic heterocycles. The van der Waals surface area contributed by atoms with E-state index in [0.717, 1.165) is 5.52 Å². The molecule has 0 aliphatic carbocycles. The lowest BCUT2D eigenvalue weighted by Gasteiger charge is -2.29. The maximum atomic E-state index is 14.9. The van der Waals surface area contributed by atoms with Crippen molar-refractivity contribution < 1.29 is 19.1 Å². The van der Waals surface area contributed by atoms with Crippen molar-refractivity contribution in [1.82, 2.24) is 9.97 Å². The lowest BCUT2D eigenvalue weighted by Crippen LogP contribution is -2.33. The number of aromatic nitrogens is 2. The van der Waals surface area contributed by atoms with Crippen molar-refractivity contribution in [3.05, 3.63) is 69.9 Å². The van der Waals surface area contributed by atoms with E-state index in [0.29, 0.717) is 15.7 Å². The standard InChI is InChI=1S/C22H19BrFN3O3/c1-22(2,3)20(29)17-18(13-8-11(23)4-6-14(13)24)27(21(30)19(17)28)12-5-7-15-16(9-12)26-10-25-15/h4-10,18,28H,1-3H3,(H,25,26). The Hall–Kier alpha value is -3.00. The predicted molar refractivity (Wildman–Crippen MR) is 115 cm³/mol. The van der Waals surface area contributed by atoms with Crippen molar-refractivity contribution in [2.45, 2.75) is 26.8 Å². The van der Waals surface area contributed by atoms with Gasteiger partial charge in [-0.2, -0.15) is 0 Å². The molecule has 1 atom stereocenters. The van der Waals surface area contributed by atoms with Crippen LogP contribution in [0.3, 0.4) is 0 Å². The third-order valence-corrected chi connectivity index (χ3v) is 5.56. The molecule has 1 aliphatic rings. The summed E-state index contributed by atoms with van der Waals surface area (Å²) in [4.78, 5) is 34.7. The van der Waals surface area contributed by atoms with Crippen LogP contribution in [-0.2, 0) is 9.59 Å². The van der Waals surface area contributed by atoms with E-state index in [9.17, 15) is 19.1 Å². The largest absolute Gasteiger partial charge is 0.503 e. The smallest absolute Gasteiger partial charge is 0.294 e. The zero-order valence-electron chi connectivity index (χ0n) is 16.5. The minimum Gasteiger partial charge on any atom is -0.503 e. The van der Waals surface area contributed by atoms with Gasteiger partial charge >= 0.3 is 0 Å². The number of nitrogens with zero attached hydrogens (tertiary/aromatic N) is 2. The molecule has 3 aromatic rings. The van der Waals surface area contributed by atoms with E-state index in [1.54, 1.807) is 39.0 Å². The number of halogens is 2. The average Bonchev–Trinajstić information content (AvgIpc) is 3.25.